The number of hydrogen-bond donors (Lipinski definition) is 0. The van der Waals surface area contributed by atoms with Crippen molar-refractivity contribution in [1.29, 1.82) is 0 Å². The number of nitrogens with zero attached hydrogens (tertiary/aromatic N) is 3. The van der Waals surface area contributed by atoms with Gasteiger partial charge in [0, 0.05) is 23.3 Å². The molecule has 0 N–H and O–H groups in total. The first kappa shape index (κ1) is 12.6. The topological polar surface area (TPSA) is 30.7 Å². The Hall–Kier alpha value is -0.870. The summed E-state index contributed by atoms with van der Waals surface area (Å²) in [7, 11) is 0. The predicted octanol–water partition coefficient (Wildman–Crippen LogP) is 3.53. The van der Waals surface area contributed by atoms with E-state index in [0.717, 1.165) is 18.8 Å². The molecule has 17 heavy (non-hydrogen) atoms. The van der Waals surface area contributed by atoms with E-state index >= 15 is 0 Å². The van der Waals surface area contributed by atoms with Gasteiger partial charge in [-0.1, -0.05) is 26.8 Å². The van der Waals surface area contributed by atoms with Gasteiger partial charge in [0.15, 0.2) is 0 Å². The summed E-state index contributed by atoms with van der Waals surface area (Å²) in [5.74, 6) is 0.944. The quantitative estimate of drug-likeness (QED) is 0.850. The molecule has 0 amide bonds. The average molecular weight is 270 g/mol. The van der Waals surface area contributed by atoms with Crippen LogP contribution in [0.1, 0.15) is 31.5 Å². The molecule has 0 saturated carbocycles. The van der Waals surface area contributed by atoms with Gasteiger partial charge in [0.1, 0.15) is 5.82 Å². The first-order chi connectivity index (χ1) is 8.04. The number of aryl methyl sites for hydroxylation is 1. The van der Waals surface area contributed by atoms with E-state index in [0.29, 0.717) is 5.28 Å². The molecule has 0 aliphatic carbocycles. The van der Waals surface area contributed by atoms with E-state index in [-0.39, 0.29) is 5.41 Å². The van der Waals surface area contributed by atoms with E-state index in [1.807, 2.05) is 4.57 Å². The number of rotatable bonds is 4. The van der Waals surface area contributed by atoms with Gasteiger partial charge in [-0.25, -0.2) is 0 Å². The lowest BCUT2D eigenvalue weighted by Crippen LogP contribution is -2.24. The zero-order valence-corrected chi connectivity index (χ0v) is 11.8. The molecule has 92 valence electrons. The van der Waals surface area contributed by atoms with Crippen LogP contribution in [0.3, 0.4) is 0 Å². The van der Waals surface area contributed by atoms with Crippen LogP contribution in [0, 0.1) is 0 Å². The first-order valence-electron chi connectivity index (χ1n) is 5.66. The van der Waals surface area contributed by atoms with Crippen molar-refractivity contribution in [2.24, 2.45) is 0 Å². The van der Waals surface area contributed by atoms with Crippen LogP contribution in [0.5, 0.6) is 0 Å². The van der Waals surface area contributed by atoms with Crippen LogP contribution < -0.4 is 0 Å². The summed E-state index contributed by atoms with van der Waals surface area (Å²) in [5, 5.41) is 10.6. The van der Waals surface area contributed by atoms with Gasteiger partial charge in [-0.15, -0.1) is 21.5 Å². The van der Waals surface area contributed by atoms with Gasteiger partial charge in [-0.2, -0.15) is 0 Å². The van der Waals surface area contributed by atoms with E-state index < -0.39 is 0 Å². The molecule has 0 radical (unpaired) electrons. The van der Waals surface area contributed by atoms with Crippen molar-refractivity contribution < 1.29 is 0 Å². The SMILES string of the molecule is CCc1nnc(Cl)n1CC(C)(C)c1cccs1. The van der Waals surface area contributed by atoms with Gasteiger partial charge in [0.05, 0.1) is 0 Å². The number of aromatic nitrogens is 3. The monoisotopic (exact) mass is 269 g/mol. The lowest BCUT2D eigenvalue weighted by Gasteiger charge is -2.24. The Morgan fingerprint density at radius 3 is 2.76 bits per heavy atom. The molecule has 0 unspecified atom stereocenters. The summed E-state index contributed by atoms with van der Waals surface area (Å²) in [5.41, 5.74) is 0.0457. The van der Waals surface area contributed by atoms with Crippen LogP contribution in [-0.2, 0) is 18.4 Å². The molecule has 2 aromatic heterocycles. The Balaban J connectivity index is 2.28. The smallest absolute Gasteiger partial charge is 0.225 e. The fraction of sp³-hybridized carbons (Fsp3) is 0.500. The highest BCUT2D eigenvalue weighted by molar-refractivity contribution is 7.10. The predicted molar refractivity (Wildman–Crippen MR) is 71.8 cm³/mol. The second-order valence-corrected chi connectivity index (χ2v) is 5.97. The minimum atomic E-state index is 0.0457. The maximum atomic E-state index is 6.08. The Bertz CT molecular complexity index is 488. The Morgan fingerprint density at radius 2 is 2.18 bits per heavy atom. The summed E-state index contributed by atoms with van der Waals surface area (Å²) >= 11 is 7.86. The third-order valence-corrected chi connectivity index (χ3v) is 4.36. The molecule has 0 aliphatic rings. The highest BCUT2D eigenvalue weighted by Crippen LogP contribution is 2.30. The summed E-state index contributed by atoms with van der Waals surface area (Å²) < 4.78 is 2.00. The first-order valence-corrected chi connectivity index (χ1v) is 6.92. The molecule has 0 aromatic carbocycles. The van der Waals surface area contributed by atoms with Crippen LogP contribution in [0.25, 0.3) is 0 Å². The Kier molecular flexibility index (Phi) is 3.54. The minimum absolute atomic E-state index is 0.0457. The van der Waals surface area contributed by atoms with E-state index in [4.69, 9.17) is 11.6 Å². The van der Waals surface area contributed by atoms with Gasteiger partial charge in [-0.05, 0) is 23.0 Å². The molecular weight excluding hydrogens is 254 g/mol. The summed E-state index contributed by atoms with van der Waals surface area (Å²) in [6, 6.07) is 4.24. The second kappa shape index (κ2) is 4.78. The fourth-order valence-electron chi connectivity index (χ4n) is 1.87. The van der Waals surface area contributed by atoms with E-state index in [2.05, 4.69) is 48.5 Å². The lowest BCUT2D eigenvalue weighted by molar-refractivity contribution is 0.433. The molecule has 2 aromatic rings. The number of hydrogen-bond acceptors (Lipinski definition) is 3. The number of thiophene rings is 1. The highest BCUT2D eigenvalue weighted by Gasteiger charge is 2.24. The standard InChI is InChI=1S/C12H16ClN3S/c1-4-10-14-15-11(13)16(10)8-12(2,3)9-6-5-7-17-9/h5-7H,4,8H2,1-3H3. The summed E-state index contributed by atoms with van der Waals surface area (Å²) in [4.78, 5) is 1.35. The highest BCUT2D eigenvalue weighted by atomic mass is 35.5. The van der Waals surface area contributed by atoms with E-state index in [1.165, 1.54) is 4.88 Å². The molecule has 2 rings (SSSR count). The molecule has 0 spiro atoms. The number of halogens is 1. The van der Waals surface area contributed by atoms with Gasteiger partial charge in [0.25, 0.3) is 0 Å². The molecule has 0 saturated heterocycles. The molecular formula is C12H16ClN3S. The van der Waals surface area contributed by atoms with Crippen molar-refractivity contribution in [3.8, 4) is 0 Å². The van der Waals surface area contributed by atoms with Crippen molar-refractivity contribution in [2.45, 2.75) is 39.2 Å². The molecule has 0 aliphatic heterocycles. The van der Waals surface area contributed by atoms with Crippen LogP contribution in [0.4, 0.5) is 0 Å². The molecule has 3 nitrogen and oxygen atoms in total. The molecule has 0 fully saturated rings. The zero-order valence-electron chi connectivity index (χ0n) is 10.3. The van der Waals surface area contributed by atoms with Crippen LogP contribution >= 0.6 is 22.9 Å². The van der Waals surface area contributed by atoms with E-state index in [9.17, 15) is 0 Å². The van der Waals surface area contributed by atoms with Crippen molar-refractivity contribution in [3.63, 3.8) is 0 Å². The molecule has 5 heteroatoms. The van der Waals surface area contributed by atoms with Crippen molar-refractivity contribution in [1.82, 2.24) is 14.8 Å². The summed E-state index contributed by atoms with van der Waals surface area (Å²) in [6.45, 7) is 7.31. The molecule has 0 bridgehead atoms. The zero-order chi connectivity index (χ0) is 12.5. The van der Waals surface area contributed by atoms with Crippen LogP contribution in [0.2, 0.25) is 5.28 Å². The van der Waals surface area contributed by atoms with Gasteiger partial charge in [0.2, 0.25) is 5.28 Å². The Labute approximate surface area is 110 Å². The van der Waals surface area contributed by atoms with Crippen LogP contribution in [-0.4, -0.2) is 14.8 Å². The second-order valence-electron chi connectivity index (χ2n) is 4.69. The summed E-state index contributed by atoms with van der Waals surface area (Å²) in [6.07, 6.45) is 0.847. The minimum Gasteiger partial charge on any atom is -0.301 e. The maximum absolute atomic E-state index is 6.08. The van der Waals surface area contributed by atoms with Crippen molar-refractivity contribution >= 4 is 22.9 Å². The normalized spacial score (nSPS) is 12.0. The van der Waals surface area contributed by atoms with Crippen molar-refractivity contribution in [2.75, 3.05) is 0 Å². The third kappa shape index (κ3) is 2.53. The van der Waals surface area contributed by atoms with Crippen LogP contribution in [0.15, 0.2) is 17.5 Å². The average Bonchev–Trinajstić information content (AvgIpc) is 2.90. The third-order valence-electron chi connectivity index (χ3n) is 2.84. The fourth-order valence-corrected chi connectivity index (χ4v) is 2.91. The lowest BCUT2D eigenvalue weighted by atomic mass is 9.91. The van der Waals surface area contributed by atoms with Crippen molar-refractivity contribution in [3.05, 3.63) is 33.5 Å². The Morgan fingerprint density at radius 1 is 1.41 bits per heavy atom. The largest absolute Gasteiger partial charge is 0.301 e. The van der Waals surface area contributed by atoms with Gasteiger partial charge >= 0.3 is 0 Å². The molecule has 0 atom stereocenters. The van der Waals surface area contributed by atoms with E-state index in [1.54, 1.807) is 11.3 Å². The van der Waals surface area contributed by atoms with Gasteiger partial charge < -0.3 is 4.57 Å². The molecule has 2 heterocycles. The maximum Gasteiger partial charge on any atom is 0.225 e. The van der Waals surface area contributed by atoms with Gasteiger partial charge in [-0.3, -0.25) is 0 Å².